The summed E-state index contributed by atoms with van der Waals surface area (Å²) in [6.07, 6.45) is 0. The molecule has 4 aromatic rings. The molecule has 0 radical (unpaired) electrons. The molecule has 6 nitrogen and oxygen atoms in total. The van der Waals surface area contributed by atoms with Gasteiger partial charge in [0.05, 0.1) is 11.3 Å². The van der Waals surface area contributed by atoms with Gasteiger partial charge in [0.25, 0.3) is 5.91 Å². The predicted molar refractivity (Wildman–Crippen MR) is 138 cm³/mol. The topological polar surface area (TPSA) is 100 Å². The van der Waals surface area contributed by atoms with Gasteiger partial charge in [0.2, 0.25) is 0 Å². The van der Waals surface area contributed by atoms with Crippen molar-refractivity contribution in [1.29, 1.82) is 0 Å². The van der Waals surface area contributed by atoms with Gasteiger partial charge in [-0.2, -0.15) is 0 Å². The zero-order chi connectivity index (χ0) is 24.9. The summed E-state index contributed by atoms with van der Waals surface area (Å²) in [5.74, 6) is -0.381. The highest BCUT2D eigenvalue weighted by atomic mass is 35.5. The summed E-state index contributed by atoms with van der Waals surface area (Å²) in [6, 6.07) is 20.0. The number of halogens is 3. The van der Waals surface area contributed by atoms with Crippen LogP contribution in [0.5, 0.6) is 5.75 Å². The Labute approximate surface area is 211 Å². The Kier molecular flexibility index (Phi) is 7.39. The van der Waals surface area contributed by atoms with Crippen LogP contribution in [0.4, 0.5) is 21.6 Å². The third-order valence-electron chi connectivity index (χ3n) is 5.30. The van der Waals surface area contributed by atoms with Crippen LogP contribution in [-0.4, -0.2) is 16.0 Å². The molecule has 0 atom stereocenters. The van der Waals surface area contributed by atoms with Crippen molar-refractivity contribution in [3.05, 3.63) is 99.5 Å². The maximum absolute atomic E-state index is 13.4. The van der Waals surface area contributed by atoms with E-state index in [0.717, 1.165) is 5.56 Å². The highest BCUT2D eigenvalue weighted by Crippen LogP contribution is 2.33. The summed E-state index contributed by atoms with van der Waals surface area (Å²) < 4.78 is 13.4. The molecule has 178 valence electrons. The van der Waals surface area contributed by atoms with Crippen LogP contribution in [0.2, 0.25) is 10.0 Å². The van der Waals surface area contributed by atoms with Crippen molar-refractivity contribution in [3.63, 3.8) is 0 Å². The number of hydrogen-bond acceptors (Lipinski definition) is 5. The Morgan fingerprint density at radius 3 is 2.43 bits per heavy atom. The van der Waals surface area contributed by atoms with Crippen LogP contribution in [-0.2, 0) is 13.2 Å². The molecule has 1 amide bonds. The van der Waals surface area contributed by atoms with Crippen LogP contribution >= 0.6 is 23.2 Å². The maximum atomic E-state index is 13.4. The number of aromatic hydroxyl groups is 1. The molecular formula is C26H21Cl2FN4O2. The van der Waals surface area contributed by atoms with Crippen molar-refractivity contribution in [2.75, 3.05) is 11.1 Å². The average Bonchev–Trinajstić information content (AvgIpc) is 2.85. The fraction of sp³-hybridized carbons (Fsp3) is 0.0769. The fourth-order valence-electron chi connectivity index (χ4n) is 3.47. The highest BCUT2D eigenvalue weighted by Gasteiger charge is 2.15. The van der Waals surface area contributed by atoms with E-state index in [9.17, 15) is 14.3 Å². The van der Waals surface area contributed by atoms with Gasteiger partial charge in [-0.1, -0.05) is 35.3 Å². The molecule has 1 aromatic heterocycles. The van der Waals surface area contributed by atoms with E-state index in [2.05, 4.69) is 15.6 Å². The van der Waals surface area contributed by atoms with Crippen molar-refractivity contribution in [2.24, 2.45) is 0 Å². The minimum atomic E-state index is -0.687. The number of nitrogens with zero attached hydrogens (tertiary/aromatic N) is 1. The number of nitrogens with two attached hydrogens (primary N) is 1. The van der Waals surface area contributed by atoms with Gasteiger partial charge in [0.1, 0.15) is 18.2 Å². The summed E-state index contributed by atoms with van der Waals surface area (Å²) in [5, 5.41) is 17.4. The molecule has 0 aliphatic rings. The van der Waals surface area contributed by atoms with Gasteiger partial charge >= 0.3 is 0 Å². The van der Waals surface area contributed by atoms with E-state index in [1.54, 1.807) is 54.6 Å². The third-order valence-corrected chi connectivity index (χ3v) is 5.79. The van der Waals surface area contributed by atoms with Crippen LogP contribution in [0.25, 0.3) is 11.3 Å². The Hall–Kier alpha value is -3.81. The first kappa shape index (κ1) is 24.3. The fourth-order valence-corrected chi connectivity index (χ4v) is 3.79. The van der Waals surface area contributed by atoms with Gasteiger partial charge < -0.3 is 21.5 Å². The first-order valence-corrected chi connectivity index (χ1v) is 11.3. The lowest BCUT2D eigenvalue weighted by molar-refractivity contribution is 0.0951. The molecule has 0 aliphatic heterocycles. The number of hydrogen-bond donors (Lipinski definition) is 4. The van der Waals surface area contributed by atoms with Crippen LogP contribution in [0.15, 0.2) is 72.8 Å². The maximum Gasteiger partial charge on any atom is 0.255 e. The van der Waals surface area contributed by atoms with Gasteiger partial charge in [-0.15, -0.1) is 0 Å². The Bertz CT molecular complexity index is 1380. The molecule has 0 aliphatic carbocycles. The molecule has 0 saturated heterocycles. The number of phenolic OH excluding ortho intramolecular Hbond substituents is 1. The number of pyridine rings is 1. The van der Waals surface area contributed by atoms with Crippen LogP contribution in [0.1, 0.15) is 21.5 Å². The SMILES string of the molecule is Nc1nc(-c2cc(Nc3ccc(Cl)cc3CF)ccc2O)ccc1C(=O)NCc1ccc(Cl)cc1. The number of carbonyl (C=O) groups excluding carboxylic acids is 1. The Balaban J connectivity index is 1.53. The smallest absolute Gasteiger partial charge is 0.255 e. The number of nitrogens with one attached hydrogen (secondary N) is 2. The molecule has 4 rings (SSSR count). The number of anilines is 3. The molecule has 5 N–H and O–H groups in total. The summed E-state index contributed by atoms with van der Waals surface area (Å²) in [6.45, 7) is -0.384. The first-order chi connectivity index (χ1) is 16.8. The molecular weight excluding hydrogens is 490 g/mol. The zero-order valence-electron chi connectivity index (χ0n) is 18.4. The number of aromatic nitrogens is 1. The van der Waals surface area contributed by atoms with E-state index in [1.807, 2.05) is 12.1 Å². The summed E-state index contributed by atoms with van der Waals surface area (Å²) >= 11 is 11.8. The average molecular weight is 511 g/mol. The quantitative estimate of drug-likeness (QED) is 0.213. The standard InChI is InChI=1S/C26H21Cl2FN4O2/c27-17-3-1-15(2-4-17)14-31-26(35)20-7-9-23(33-25(20)30)21-12-19(6-10-24(21)34)32-22-8-5-18(28)11-16(22)13-29/h1-12,32,34H,13-14H2,(H2,30,33)(H,31,35). The summed E-state index contributed by atoms with van der Waals surface area (Å²) in [5.41, 5.74) is 9.49. The molecule has 0 unspecified atom stereocenters. The van der Waals surface area contributed by atoms with E-state index in [-0.39, 0.29) is 23.0 Å². The lowest BCUT2D eigenvalue weighted by Crippen LogP contribution is -2.24. The number of rotatable bonds is 7. The molecule has 35 heavy (non-hydrogen) atoms. The van der Waals surface area contributed by atoms with Crippen LogP contribution < -0.4 is 16.4 Å². The molecule has 1 heterocycles. The van der Waals surface area contributed by atoms with Crippen molar-refractivity contribution < 1.29 is 14.3 Å². The number of nitrogen functional groups attached to an aromatic ring is 1. The highest BCUT2D eigenvalue weighted by molar-refractivity contribution is 6.31. The number of alkyl halides is 1. The molecule has 3 aromatic carbocycles. The van der Waals surface area contributed by atoms with E-state index in [1.165, 1.54) is 6.07 Å². The van der Waals surface area contributed by atoms with Crippen molar-refractivity contribution in [3.8, 4) is 17.0 Å². The van der Waals surface area contributed by atoms with Crippen molar-refractivity contribution >= 4 is 46.3 Å². The van der Waals surface area contributed by atoms with Crippen molar-refractivity contribution in [1.82, 2.24) is 10.3 Å². The molecule has 0 spiro atoms. The first-order valence-electron chi connectivity index (χ1n) is 10.6. The van der Waals surface area contributed by atoms with Gasteiger partial charge in [0, 0.05) is 39.1 Å². The lowest BCUT2D eigenvalue weighted by atomic mass is 10.1. The minimum absolute atomic E-state index is 0.0197. The van der Waals surface area contributed by atoms with Gasteiger partial charge in [-0.25, -0.2) is 9.37 Å². The number of phenols is 1. The normalized spacial score (nSPS) is 10.7. The largest absolute Gasteiger partial charge is 0.507 e. The number of amides is 1. The molecule has 0 saturated carbocycles. The van der Waals surface area contributed by atoms with E-state index in [4.69, 9.17) is 28.9 Å². The molecule has 9 heteroatoms. The van der Waals surface area contributed by atoms with Crippen LogP contribution in [0.3, 0.4) is 0 Å². The third kappa shape index (κ3) is 5.82. The Morgan fingerprint density at radius 2 is 1.71 bits per heavy atom. The minimum Gasteiger partial charge on any atom is -0.507 e. The molecule has 0 bridgehead atoms. The van der Waals surface area contributed by atoms with E-state index in [0.29, 0.717) is 44.8 Å². The van der Waals surface area contributed by atoms with E-state index < -0.39 is 6.67 Å². The van der Waals surface area contributed by atoms with Crippen LogP contribution in [0, 0.1) is 0 Å². The monoisotopic (exact) mass is 510 g/mol. The second-order valence-corrected chi connectivity index (χ2v) is 8.60. The summed E-state index contributed by atoms with van der Waals surface area (Å²) in [4.78, 5) is 16.9. The second kappa shape index (κ2) is 10.6. The van der Waals surface area contributed by atoms with E-state index >= 15 is 0 Å². The summed E-state index contributed by atoms with van der Waals surface area (Å²) in [7, 11) is 0. The van der Waals surface area contributed by atoms with Gasteiger partial charge in [-0.05, 0) is 66.2 Å². The van der Waals surface area contributed by atoms with Gasteiger partial charge in [-0.3, -0.25) is 4.79 Å². The lowest BCUT2D eigenvalue weighted by Gasteiger charge is -2.13. The van der Waals surface area contributed by atoms with Gasteiger partial charge in [0.15, 0.2) is 0 Å². The number of carbonyl (C=O) groups is 1. The van der Waals surface area contributed by atoms with Crippen molar-refractivity contribution in [2.45, 2.75) is 13.2 Å². The second-order valence-electron chi connectivity index (χ2n) is 7.73. The number of benzene rings is 3. The molecule has 0 fully saturated rings. The Morgan fingerprint density at radius 1 is 0.971 bits per heavy atom. The predicted octanol–water partition coefficient (Wildman–Crippen LogP) is 6.49. The zero-order valence-corrected chi connectivity index (χ0v) is 19.9.